The van der Waals surface area contributed by atoms with Gasteiger partial charge in [-0.1, -0.05) is 6.07 Å². The van der Waals surface area contributed by atoms with Crippen LogP contribution in [-0.2, 0) is 0 Å². The lowest BCUT2D eigenvalue weighted by atomic mass is 9.83. The van der Waals surface area contributed by atoms with Crippen LogP contribution in [0, 0.1) is 19.8 Å². The van der Waals surface area contributed by atoms with E-state index in [2.05, 4.69) is 50.8 Å². The fourth-order valence-electron chi connectivity index (χ4n) is 3.06. The predicted molar refractivity (Wildman–Crippen MR) is 81.8 cm³/mol. The highest BCUT2D eigenvalue weighted by Crippen LogP contribution is 2.36. The first-order valence-electron chi connectivity index (χ1n) is 7.40. The van der Waals surface area contributed by atoms with Crippen molar-refractivity contribution in [2.24, 2.45) is 5.92 Å². The Morgan fingerprint density at radius 3 is 2.63 bits per heavy atom. The molecule has 1 unspecified atom stereocenters. The van der Waals surface area contributed by atoms with E-state index in [1.807, 2.05) is 0 Å². The lowest BCUT2D eigenvalue weighted by Crippen LogP contribution is -2.50. The normalized spacial score (nSPS) is 22.6. The molecule has 106 valence electrons. The van der Waals surface area contributed by atoms with Crippen LogP contribution in [0.4, 0.5) is 5.69 Å². The Bertz CT molecular complexity index is 439. The fraction of sp³-hybridized carbons (Fsp3) is 0.647. The number of hydrogen-bond acceptors (Lipinski definition) is 2. The monoisotopic (exact) mass is 261 g/mol. The molecule has 0 aromatic heterocycles. The Kier molecular flexibility index (Phi) is 4.19. The Morgan fingerprint density at radius 2 is 2.00 bits per heavy atom. The Hall–Kier alpha value is -1.02. The highest BCUT2D eigenvalue weighted by Gasteiger charge is 2.34. The average Bonchev–Trinajstić information content (AvgIpc) is 2.35. The minimum atomic E-state index is 0.216. The van der Waals surface area contributed by atoms with E-state index in [1.165, 1.54) is 29.7 Å². The highest BCUT2D eigenvalue weighted by atomic mass is 16.3. The molecular weight excluding hydrogens is 234 g/mol. The molecule has 0 radical (unpaired) electrons. The first-order chi connectivity index (χ1) is 8.94. The molecule has 1 aromatic carbocycles. The van der Waals surface area contributed by atoms with Crippen molar-refractivity contribution in [1.82, 2.24) is 0 Å². The molecule has 2 rings (SSSR count). The molecule has 1 N–H and O–H groups in total. The van der Waals surface area contributed by atoms with E-state index in [0.717, 1.165) is 13.0 Å². The van der Waals surface area contributed by atoms with Gasteiger partial charge in [0.15, 0.2) is 0 Å². The van der Waals surface area contributed by atoms with E-state index in [1.54, 1.807) is 0 Å². The first-order valence-corrected chi connectivity index (χ1v) is 7.40. The van der Waals surface area contributed by atoms with E-state index < -0.39 is 0 Å². The van der Waals surface area contributed by atoms with Crippen molar-refractivity contribution < 1.29 is 5.11 Å². The highest BCUT2D eigenvalue weighted by molar-refractivity contribution is 5.53. The number of aliphatic hydroxyl groups is 1. The van der Waals surface area contributed by atoms with E-state index >= 15 is 0 Å². The minimum Gasteiger partial charge on any atom is -0.396 e. The van der Waals surface area contributed by atoms with E-state index in [4.69, 9.17) is 5.11 Å². The van der Waals surface area contributed by atoms with Crippen LogP contribution in [0.25, 0.3) is 0 Å². The van der Waals surface area contributed by atoms with Crippen LogP contribution >= 0.6 is 0 Å². The van der Waals surface area contributed by atoms with E-state index in [0.29, 0.717) is 12.5 Å². The molecule has 0 bridgehead atoms. The molecular formula is C17H27NO. The maximum atomic E-state index is 9.17. The van der Waals surface area contributed by atoms with Gasteiger partial charge in [-0.2, -0.15) is 0 Å². The number of rotatable bonds is 3. The van der Waals surface area contributed by atoms with Crippen molar-refractivity contribution in [3.63, 3.8) is 0 Å². The summed E-state index contributed by atoms with van der Waals surface area (Å²) >= 11 is 0. The van der Waals surface area contributed by atoms with Gasteiger partial charge in [-0.15, -0.1) is 0 Å². The maximum absolute atomic E-state index is 9.17. The SMILES string of the molecule is Cc1ccc(N2CC(CCO)CCC2(C)C)cc1C. The number of anilines is 1. The van der Waals surface area contributed by atoms with Crippen molar-refractivity contribution in [2.45, 2.75) is 52.5 Å². The Labute approximate surface area is 117 Å². The van der Waals surface area contributed by atoms with Gasteiger partial charge in [0, 0.05) is 24.4 Å². The third kappa shape index (κ3) is 3.11. The van der Waals surface area contributed by atoms with Gasteiger partial charge >= 0.3 is 0 Å². The smallest absolute Gasteiger partial charge is 0.0434 e. The zero-order chi connectivity index (χ0) is 14.0. The molecule has 1 atom stereocenters. The first kappa shape index (κ1) is 14.4. The number of aryl methyl sites for hydroxylation is 2. The van der Waals surface area contributed by atoms with Crippen LogP contribution in [0.3, 0.4) is 0 Å². The summed E-state index contributed by atoms with van der Waals surface area (Å²) < 4.78 is 0. The minimum absolute atomic E-state index is 0.216. The second-order valence-corrected chi connectivity index (χ2v) is 6.61. The van der Waals surface area contributed by atoms with Crippen LogP contribution in [0.2, 0.25) is 0 Å². The largest absolute Gasteiger partial charge is 0.396 e. The topological polar surface area (TPSA) is 23.5 Å². The van der Waals surface area contributed by atoms with Gasteiger partial charge in [0.2, 0.25) is 0 Å². The lowest BCUT2D eigenvalue weighted by molar-refractivity contribution is 0.217. The summed E-state index contributed by atoms with van der Waals surface area (Å²) in [6.45, 7) is 10.4. The van der Waals surface area contributed by atoms with Crippen LogP contribution in [0.15, 0.2) is 18.2 Å². The third-order valence-corrected chi connectivity index (χ3v) is 4.68. The van der Waals surface area contributed by atoms with Crippen molar-refractivity contribution in [2.75, 3.05) is 18.1 Å². The summed E-state index contributed by atoms with van der Waals surface area (Å²) in [5.41, 5.74) is 4.26. The Balaban J connectivity index is 2.25. The second-order valence-electron chi connectivity index (χ2n) is 6.61. The average molecular weight is 261 g/mol. The van der Waals surface area contributed by atoms with Crippen LogP contribution in [-0.4, -0.2) is 23.8 Å². The fourth-order valence-corrected chi connectivity index (χ4v) is 3.06. The number of hydrogen-bond donors (Lipinski definition) is 1. The molecule has 1 aromatic rings. The van der Waals surface area contributed by atoms with Gasteiger partial charge in [0.25, 0.3) is 0 Å². The van der Waals surface area contributed by atoms with Gasteiger partial charge in [0.1, 0.15) is 0 Å². The zero-order valence-electron chi connectivity index (χ0n) is 12.7. The summed E-state index contributed by atoms with van der Waals surface area (Å²) in [4.78, 5) is 2.53. The van der Waals surface area contributed by atoms with Gasteiger partial charge < -0.3 is 10.0 Å². The zero-order valence-corrected chi connectivity index (χ0v) is 12.7. The molecule has 0 spiro atoms. The maximum Gasteiger partial charge on any atom is 0.0434 e. The summed E-state index contributed by atoms with van der Waals surface area (Å²) in [5.74, 6) is 0.625. The summed E-state index contributed by atoms with van der Waals surface area (Å²) in [6, 6.07) is 6.76. The molecule has 0 saturated carbocycles. The lowest BCUT2D eigenvalue weighted by Gasteiger charge is -2.47. The molecule has 1 aliphatic heterocycles. The predicted octanol–water partition coefficient (Wildman–Crippen LogP) is 3.68. The second kappa shape index (κ2) is 5.54. The summed E-state index contributed by atoms with van der Waals surface area (Å²) in [7, 11) is 0. The van der Waals surface area contributed by atoms with Crippen LogP contribution in [0.5, 0.6) is 0 Å². The Morgan fingerprint density at radius 1 is 1.26 bits per heavy atom. The van der Waals surface area contributed by atoms with E-state index in [-0.39, 0.29) is 5.54 Å². The molecule has 1 saturated heterocycles. The molecule has 2 heteroatoms. The number of nitrogens with zero attached hydrogens (tertiary/aromatic N) is 1. The number of piperidine rings is 1. The van der Waals surface area contributed by atoms with Gasteiger partial charge in [0.05, 0.1) is 0 Å². The van der Waals surface area contributed by atoms with Crippen molar-refractivity contribution in [3.05, 3.63) is 29.3 Å². The molecule has 1 aliphatic rings. The van der Waals surface area contributed by atoms with Crippen molar-refractivity contribution in [1.29, 1.82) is 0 Å². The quantitative estimate of drug-likeness (QED) is 0.897. The van der Waals surface area contributed by atoms with Crippen LogP contribution in [0.1, 0.15) is 44.2 Å². The molecule has 0 aliphatic carbocycles. The third-order valence-electron chi connectivity index (χ3n) is 4.68. The summed E-state index contributed by atoms with van der Waals surface area (Å²) in [6.07, 6.45) is 3.36. The van der Waals surface area contributed by atoms with Gasteiger partial charge in [-0.05, 0) is 76.1 Å². The van der Waals surface area contributed by atoms with Crippen molar-refractivity contribution >= 4 is 5.69 Å². The van der Waals surface area contributed by atoms with E-state index in [9.17, 15) is 0 Å². The summed E-state index contributed by atoms with van der Waals surface area (Å²) in [5, 5.41) is 9.17. The van der Waals surface area contributed by atoms with Gasteiger partial charge in [-0.25, -0.2) is 0 Å². The van der Waals surface area contributed by atoms with Crippen molar-refractivity contribution in [3.8, 4) is 0 Å². The molecule has 1 fully saturated rings. The number of benzene rings is 1. The molecule has 1 heterocycles. The van der Waals surface area contributed by atoms with Gasteiger partial charge in [-0.3, -0.25) is 0 Å². The molecule has 0 amide bonds. The molecule has 19 heavy (non-hydrogen) atoms. The molecule has 2 nitrogen and oxygen atoms in total. The van der Waals surface area contributed by atoms with Crippen LogP contribution < -0.4 is 4.90 Å². The standard InChI is InChI=1S/C17H27NO/c1-13-5-6-16(11-14(13)2)18-12-15(8-10-19)7-9-17(18,3)4/h5-6,11,15,19H,7-10,12H2,1-4H3. The number of aliphatic hydroxyl groups excluding tert-OH is 1.